The Bertz CT molecular complexity index is 1220. The number of hydrogen-bond donors (Lipinski definition) is 1. The molecule has 7 nitrogen and oxygen atoms in total. The first-order chi connectivity index (χ1) is 26.6. The van der Waals surface area contributed by atoms with Crippen molar-refractivity contribution in [1.82, 2.24) is 5.32 Å². The van der Waals surface area contributed by atoms with Gasteiger partial charge in [-0.15, -0.1) is 0 Å². The summed E-state index contributed by atoms with van der Waals surface area (Å²) in [4.78, 5) is 37.5. The van der Waals surface area contributed by atoms with E-state index in [1.165, 1.54) is 19.3 Å². The Morgan fingerprint density at radius 3 is 1.49 bits per heavy atom. The van der Waals surface area contributed by atoms with Gasteiger partial charge in [0.05, 0.1) is 46.1 Å². The molecule has 1 N–H and O–H groups in total. The summed E-state index contributed by atoms with van der Waals surface area (Å²) < 4.78 is 6.49. The van der Waals surface area contributed by atoms with Crippen LogP contribution in [-0.4, -0.2) is 62.2 Å². The second-order valence-corrected chi connectivity index (χ2v) is 15.2. The van der Waals surface area contributed by atoms with E-state index >= 15 is 0 Å². The monoisotopic (exact) mass is 763 g/mol. The molecule has 0 aliphatic rings. The number of carboxylic acids is 1. The van der Waals surface area contributed by atoms with Gasteiger partial charge in [-0.1, -0.05) is 124 Å². The fourth-order valence-electron chi connectivity index (χ4n) is 5.58. The van der Waals surface area contributed by atoms with Crippen molar-refractivity contribution in [2.24, 2.45) is 0 Å². The molecule has 0 rings (SSSR count). The van der Waals surface area contributed by atoms with Crippen LogP contribution in [0.3, 0.4) is 0 Å². The number of ether oxygens (including phenoxy) is 1. The lowest BCUT2D eigenvalue weighted by atomic mass is 10.1. The number of rotatable bonds is 35. The Morgan fingerprint density at radius 2 is 1.04 bits per heavy atom. The summed E-state index contributed by atoms with van der Waals surface area (Å²) in [5.74, 6) is -2.05. The molecule has 7 heteroatoms. The third-order valence-electron chi connectivity index (χ3n) is 8.73. The van der Waals surface area contributed by atoms with Crippen LogP contribution in [0.4, 0.5) is 0 Å². The number of amides is 1. The number of nitrogens with one attached hydrogen (secondary N) is 1. The predicted octanol–water partition coefficient (Wildman–Crippen LogP) is 10.5. The average Bonchev–Trinajstić information content (AvgIpc) is 3.13. The summed E-state index contributed by atoms with van der Waals surface area (Å²) in [7, 11) is 6.12. The van der Waals surface area contributed by atoms with Gasteiger partial charge in [0.2, 0.25) is 5.91 Å². The van der Waals surface area contributed by atoms with Crippen LogP contribution in [0.15, 0.2) is 97.2 Å². The van der Waals surface area contributed by atoms with Gasteiger partial charge in [-0.05, 0) is 109 Å². The fourth-order valence-corrected chi connectivity index (χ4v) is 5.58. The van der Waals surface area contributed by atoms with Crippen LogP contribution >= 0.6 is 0 Å². The van der Waals surface area contributed by atoms with Gasteiger partial charge < -0.3 is 24.4 Å². The molecule has 0 aromatic rings. The molecule has 0 aliphatic carbocycles. The Kier molecular flexibility index (Phi) is 34.7. The number of allylic oxidation sites excluding steroid dienone is 16. The van der Waals surface area contributed by atoms with E-state index in [4.69, 9.17) is 4.74 Å². The summed E-state index contributed by atoms with van der Waals surface area (Å²) in [6, 6.07) is -1.07. The molecular formula is C48H78N2O5. The molecule has 0 unspecified atom stereocenters. The van der Waals surface area contributed by atoms with Crippen molar-refractivity contribution >= 4 is 17.8 Å². The maximum absolute atomic E-state index is 13.0. The minimum atomic E-state index is -1.29. The van der Waals surface area contributed by atoms with E-state index in [2.05, 4.69) is 116 Å². The van der Waals surface area contributed by atoms with Crippen molar-refractivity contribution in [1.29, 1.82) is 0 Å². The summed E-state index contributed by atoms with van der Waals surface area (Å²) in [5, 5.41) is 14.4. The Morgan fingerprint density at radius 1 is 0.582 bits per heavy atom. The van der Waals surface area contributed by atoms with E-state index in [-0.39, 0.29) is 18.8 Å². The molecule has 55 heavy (non-hydrogen) atoms. The molecule has 1 amide bonds. The zero-order valence-corrected chi connectivity index (χ0v) is 35.4. The van der Waals surface area contributed by atoms with Crippen molar-refractivity contribution in [3.05, 3.63) is 97.2 Å². The van der Waals surface area contributed by atoms with E-state index in [1.54, 1.807) is 0 Å². The highest BCUT2D eigenvalue weighted by molar-refractivity contribution is 5.83. The largest absolute Gasteiger partial charge is 0.548 e. The minimum absolute atomic E-state index is 0.0622. The number of hydrogen-bond acceptors (Lipinski definition) is 5. The smallest absolute Gasteiger partial charge is 0.306 e. The summed E-state index contributed by atoms with van der Waals surface area (Å²) in [6.07, 6.45) is 51.6. The van der Waals surface area contributed by atoms with Crippen LogP contribution in [0.5, 0.6) is 0 Å². The third kappa shape index (κ3) is 38.4. The van der Waals surface area contributed by atoms with Crippen molar-refractivity contribution in [3.8, 4) is 0 Å². The summed E-state index contributed by atoms with van der Waals surface area (Å²) >= 11 is 0. The zero-order valence-electron chi connectivity index (χ0n) is 35.4. The van der Waals surface area contributed by atoms with Crippen LogP contribution in [0.2, 0.25) is 0 Å². The lowest BCUT2D eigenvalue weighted by Crippen LogP contribution is -2.49. The fraction of sp³-hybridized carbons (Fsp3) is 0.604. The molecule has 0 aliphatic heterocycles. The van der Waals surface area contributed by atoms with Crippen LogP contribution < -0.4 is 10.4 Å². The van der Waals surface area contributed by atoms with E-state index in [0.29, 0.717) is 30.2 Å². The molecule has 0 spiro atoms. The lowest BCUT2D eigenvalue weighted by molar-refractivity contribution is -0.870. The van der Waals surface area contributed by atoms with Gasteiger partial charge in [0, 0.05) is 6.42 Å². The third-order valence-corrected chi connectivity index (χ3v) is 8.73. The molecule has 0 radical (unpaired) electrons. The molecule has 0 aromatic carbocycles. The SMILES string of the molecule is CC/C=C\C/C=C\C/C=C\C/C=C\C/C=C\CCCC(=O)O[C@@H](CCCC/C=C\C/C=C\C/C=C\CCCCC)CC(=O)N[C@@H](CCC[N+](C)(C)C)C(=O)[O-]. The second kappa shape index (κ2) is 37.2. The molecule has 310 valence electrons. The number of aliphatic carboxylic acids is 1. The normalized spacial score (nSPS) is 14.0. The second-order valence-electron chi connectivity index (χ2n) is 15.2. The number of quaternary nitrogens is 1. The highest BCUT2D eigenvalue weighted by Crippen LogP contribution is 2.14. The highest BCUT2D eigenvalue weighted by atomic mass is 16.5. The topological polar surface area (TPSA) is 95.5 Å². The Labute approximate surface area is 336 Å². The van der Waals surface area contributed by atoms with Crippen molar-refractivity contribution in [2.45, 2.75) is 161 Å². The lowest BCUT2D eigenvalue weighted by Gasteiger charge is -2.26. The van der Waals surface area contributed by atoms with E-state index in [9.17, 15) is 19.5 Å². The predicted molar refractivity (Wildman–Crippen MR) is 231 cm³/mol. The minimum Gasteiger partial charge on any atom is -0.548 e. The first-order valence-corrected chi connectivity index (χ1v) is 21.3. The number of unbranched alkanes of at least 4 members (excludes halogenated alkanes) is 6. The zero-order chi connectivity index (χ0) is 40.7. The summed E-state index contributed by atoms with van der Waals surface area (Å²) in [6.45, 7) is 5.14. The van der Waals surface area contributed by atoms with E-state index < -0.39 is 24.0 Å². The summed E-state index contributed by atoms with van der Waals surface area (Å²) in [5.41, 5.74) is 0. The van der Waals surface area contributed by atoms with Gasteiger partial charge in [-0.3, -0.25) is 9.59 Å². The van der Waals surface area contributed by atoms with Gasteiger partial charge >= 0.3 is 5.97 Å². The Hall–Kier alpha value is -3.71. The van der Waals surface area contributed by atoms with Crippen molar-refractivity contribution in [3.63, 3.8) is 0 Å². The number of carboxylic acid groups (broad SMARTS) is 1. The van der Waals surface area contributed by atoms with Crippen LogP contribution in [-0.2, 0) is 19.1 Å². The number of carbonyl (C=O) groups is 3. The van der Waals surface area contributed by atoms with Crippen LogP contribution in [0.25, 0.3) is 0 Å². The molecule has 0 heterocycles. The first-order valence-electron chi connectivity index (χ1n) is 21.3. The van der Waals surface area contributed by atoms with E-state index in [0.717, 1.165) is 83.6 Å². The Balaban J connectivity index is 4.75. The number of carbonyl (C=O) groups excluding carboxylic acids is 3. The molecule has 0 aromatic heterocycles. The van der Waals surface area contributed by atoms with Gasteiger partial charge in [-0.2, -0.15) is 0 Å². The number of esters is 1. The average molecular weight is 763 g/mol. The van der Waals surface area contributed by atoms with Crippen molar-refractivity contribution < 1.29 is 28.7 Å². The van der Waals surface area contributed by atoms with Gasteiger partial charge in [-0.25, -0.2) is 0 Å². The van der Waals surface area contributed by atoms with Gasteiger partial charge in [0.15, 0.2) is 0 Å². The van der Waals surface area contributed by atoms with Gasteiger partial charge in [0.25, 0.3) is 0 Å². The van der Waals surface area contributed by atoms with Crippen LogP contribution in [0, 0.1) is 0 Å². The first kappa shape index (κ1) is 51.3. The molecule has 0 saturated carbocycles. The van der Waals surface area contributed by atoms with Crippen molar-refractivity contribution in [2.75, 3.05) is 27.7 Å². The van der Waals surface area contributed by atoms with Gasteiger partial charge in [0.1, 0.15) is 6.10 Å². The maximum atomic E-state index is 13.0. The molecule has 2 atom stereocenters. The molecule has 0 saturated heterocycles. The molecular weight excluding hydrogens is 685 g/mol. The van der Waals surface area contributed by atoms with E-state index in [1.807, 2.05) is 21.1 Å². The standard InChI is InChI=1S/C48H78N2O5/c1-6-8-10-12-14-16-18-20-22-23-25-27-29-31-33-35-37-41-47(52)55-44(43-46(51)49-45(48(53)54)40-38-42-50(3,4)5)39-36-34-32-30-28-26-24-21-19-17-15-13-11-9-7-2/h8,10,14-17,20-22,24-25,27-28,30-31,33,44-45H,6-7,9,11-13,18-19,23,26,29,32,34-43H2,1-5H3,(H-,49,51,53,54)/b10-8-,16-14-,17-15-,22-20-,24-21-,27-25-,30-28-,33-31-/t44-,45-/m0/s1. The number of nitrogens with zero attached hydrogens (tertiary/aromatic N) is 1. The highest BCUT2D eigenvalue weighted by Gasteiger charge is 2.21. The quantitative estimate of drug-likeness (QED) is 0.0300. The molecule has 0 fully saturated rings. The molecule has 0 bridgehead atoms. The van der Waals surface area contributed by atoms with Crippen LogP contribution in [0.1, 0.15) is 149 Å². The maximum Gasteiger partial charge on any atom is 0.306 e.